The highest BCUT2D eigenvalue weighted by molar-refractivity contribution is 7.91. The van der Waals surface area contributed by atoms with Crippen molar-refractivity contribution in [2.24, 2.45) is 5.92 Å². The molecule has 0 atom stereocenters. The Bertz CT molecular complexity index is 690. The van der Waals surface area contributed by atoms with Gasteiger partial charge in [-0.2, -0.15) is 4.31 Å². The fourth-order valence-corrected chi connectivity index (χ4v) is 5.51. The number of hydrogen-bond donors (Lipinski definition) is 0. The molecular weight excluding hydrogens is 328 g/mol. The number of rotatable bonds is 5. The fraction of sp³-hybridized carbons (Fsp3) is 0.538. The molecule has 0 N–H and O–H groups in total. The van der Waals surface area contributed by atoms with Crippen molar-refractivity contribution in [2.75, 3.05) is 26.2 Å². The van der Waals surface area contributed by atoms with Crippen molar-refractivity contribution in [3.8, 4) is 0 Å². The highest BCUT2D eigenvalue weighted by Crippen LogP contribution is 2.30. The summed E-state index contributed by atoms with van der Waals surface area (Å²) in [6, 6.07) is 3.46. The van der Waals surface area contributed by atoms with Gasteiger partial charge in [0.05, 0.1) is 0 Å². The Balaban J connectivity index is 1.60. The third-order valence-electron chi connectivity index (χ3n) is 3.78. The highest BCUT2D eigenvalue weighted by atomic mass is 32.2. The molecule has 2 amide bonds. The minimum Gasteiger partial charge on any atom is -0.439 e. The normalized spacial score (nSPS) is 20.3. The number of cyclic esters (lactones) is 1. The van der Waals surface area contributed by atoms with Crippen LogP contribution in [0.3, 0.4) is 0 Å². The van der Waals surface area contributed by atoms with Gasteiger partial charge in [-0.05, 0) is 18.6 Å². The summed E-state index contributed by atoms with van der Waals surface area (Å²) in [4.78, 5) is 24.9. The largest absolute Gasteiger partial charge is 0.439 e. The van der Waals surface area contributed by atoms with Crippen molar-refractivity contribution < 1.29 is 22.7 Å². The summed E-state index contributed by atoms with van der Waals surface area (Å²) >= 11 is 1.28. The molecule has 2 aliphatic rings. The lowest BCUT2D eigenvalue weighted by Gasteiger charge is -2.38. The van der Waals surface area contributed by atoms with Crippen LogP contribution in [-0.2, 0) is 26.0 Å². The summed E-state index contributed by atoms with van der Waals surface area (Å²) in [6.07, 6.45) is 0.166. The number of carbonyl (C=O) groups excluding carboxylic acids is 2. The first-order valence-electron chi connectivity index (χ1n) is 6.97. The van der Waals surface area contributed by atoms with E-state index in [1.165, 1.54) is 15.6 Å². The van der Waals surface area contributed by atoms with Crippen LogP contribution in [0.2, 0.25) is 0 Å². The zero-order chi connectivity index (χ0) is 15.9. The number of aryl methyl sites for hydroxylation is 1. The van der Waals surface area contributed by atoms with E-state index in [0.29, 0.717) is 17.3 Å². The molecule has 0 unspecified atom stereocenters. The molecule has 0 aromatic carbocycles. The minimum absolute atomic E-state index is 0.0324. The summed E-state index contributed by atoms with van der Waals surface area (Å²) in [7, 11) is -3.45. The van der Waals surface area contributed by atoms with Crippen molar-refractivity contribution in [3.63, 3.8) is 0 Å². The summed E-state index contributed by atoms with van der Waals surface area (Å²) in [5.41, 5.74) is 0. The van der Waals surface area contributed by atoms with Crippen LogP contribution in [0.5, 0.6) is 0 Å². The second kappa shape index (κ2) is 5.64. The Labute approximate surface area is 132 Å². The zero-order valence-corrected chi connectivity index (χ0v) is 13.7. The molecule has 22 heavy (non-hydrogen) atoms. The van der Waals surface area contributed by atoms with E-state index in [4.69, 9.17) is 0 Å². The van der Waals surface area contributed by atoms with Gasteiger partial charge in [-0.25, -0.2) is 18.1 Å². The molecule has 2 aliphatic heterocycles. The van der Waals surface area contributed by atoms with Crippen LogP contribution in [0, 0.1) is 5.92 Å². The number of thiophene rings is 1. The SMILES string of the molecule is CCc1ccc(S(=O)(=O)N2CC(CN3C(=O)COC3=O)C2)s1. The number of nitrogens with zero attached hydrogens (tertiary/aromatic N) is 2. The molecule has 3 heterocycles. The Morgan fingerprint density at radius 3 is 2.59 bits per heavy atom. The topological polar surface area (TPSA) is 84.0 Å². The van der Waals surface area contributed by atoms with Crippen LogP contribution < -0.4 is 0 Å². The van der Waals surface area contributed by atoms with Crippen LogP contribution in [-0.4, -0.2) is 55.9 Å². The predicted octanol–water partition coefficient (Wildman–Crippen LogP) is 0.910. The molecule has 0 radical (unpaired) electrons. The number of sulfonamides is 1. The Morgan fingerprint density at radius 2 is 2.05 bits per heavy atom. The predicted molar refractivity (Wildman–Crippen MR) is 79.0 cm³/mol. The quantitative estimate of drug-likeness (QED) is 0.793. The average Bonchev–Trinajstić information content (AvgIpc) is 3.02. The second-order valence-corrected chi connectivity index (χ2v) is 8.65. The smallest absolute Gasteiger partial charge is 0.417 e. The maximum Gasteiger partial charge on any atom is 0.417 e. The molecule has 2 saturated heterocycles. The lowest BCUT2D eigenvalue weighted by Crippen LogP contribution is -2.54. The van der Waals surface area contributed by atoms with Gasteiger partial charge in [-0.3, -0.25) is 4.79 Å². The third-order valence-corrected chi connectivity index (χ3v) is 7.31. The van der Waals surface area contributed by atoms with E-state index in [-0.39, 0.29) is 25.0 Å². The molecule has 0 saturated carbocycles. The van der Waals surface area contributed by atoms with Crippen LogP contribution >= 0.6 is 11.3 Å². The van der Waals surface area contributed by atoms with Gasteiger partial charge < -0.3 is 4.74 Å². The second-order valence-electron chi connectivity index (χ2n) is 5.32. The summed E-state index contributed by atoms with van der Waals surface area (Å²) in [5.74, 6) is -0.396. The van der Waals surface area contributed by atoms with E-state index < -0.39 is 16.1 Å². The van der Waals surface area contributed by atoms with Gasteiger partial charge in [-0.1, -0.05) is 6.92 Å². The van der Waals surface area contributed by atoms with Crippen LogP contribution in [0.4, 0.5) is 4.79 Å². The molecule has 1 aromatic rings. The van der Waals surface area contributed by atoms with Gasteiger partial charge in [0.1, 0.15) is 4.21 Å². The number of imide groups is 1. The molecule has 9 heteroatoms. The van der Waals surface area contributed by atoms with Gasteiger partial charge in [0, 0.05) is 30.4 Å². The van der Waals surface area contributed by atoms with Crippen LogP contribution in [0.1, 0.15) is 11.8 Å². The number of carbonyl (C=O) groups is 2. The molecule has 2 fully saturated rings. The highest BCUT2D eigenvalue weighted by Gasteiger charge is 2.41. The summed E-state index contributed by atoms with van der Waals surface area (Å²) < 4.78 is 31.2. The molecule has 0 aliphatic carbocycles. The van der Waals surface area contributed by atoms with Gasteiger partial charge in [0.2, 0.25) is 0 Å². The van der Waals surface area contributed by atoms with Gasteiger partial charge >= 0.3 is 6.09 Å². The maximum atomic E-state index is 12.4. The first-order chi connectivity index (χ1) is 10.4. The standard InChI is InChI=1S/C13H16N2O5S2/c1-2-10-3-4-12(21-10)22(18,19)14-5-9(6-14)7-15-11(16)8-20-13(15)17/h3-4,9H,2,5-8H2,1H3. The van der Waals surface area contributed by atoms with Crippen molar-refractivity contribution in [2.45, 2.75) is 17.6 Å². The first-order valence-corrected chi connectivity index (χ1v) is 9.23. The van der Waals surface area contributed by atoms with Crippen molar-refractivity contribution in [3.05, 3.63) is 17.0 Å². The van der Waals surface area contributed by atoms with E-state index >= 15 is 0 Å². The van der Waals surface area contributed by atoms with E-state index in [2.05, 4.69) is 4.74 Å². The summed E-state index contributed by atoms with van der Waals surface area (Å²) in [5, 5.41) is 0. The molecule has 0 spiro atoms. The van der Waals surface area contributed by atoms with Crippen molar-refractivity contribution in [1.29, 1.82) is 0 Å². The van der Waals surface area contributed by atoms with Crippen molar-refractivity contribution in [1.82, 2.24) is 9.21 Å². The Morgan fingerprint density at radius 1 is 1.32 bits per heavy atom. The average molecular weight is 344 g/mol. The molecule has 3 rings (SSSR count). The lowest BCUT2D eigenvalue weighted by atomic mass is 10.0. The monoisotopic (exact) mass is 344 g/mol. The van der Waals surface area contributed by atoms with Crippen molar-refractivity contribution >= 4 is 33.4 Å². The van der Waals surface area contributed by atoms with Crippen LogP contribution in [0.15, 0.2) is 16.3 Å². The molecule has 7 nitrogen and oxygen atoms in total. The van der Waals surface area contributed by atoms with E-state index in [1.54, 1.807) is 6.07 Å². The molecular formula is C13H16N2O5S2. The number of hydrogen-bond acceptors (Lipinski definition) is 6. The maximum absolute atomic E-state index is 12.4. The van der Waals surface area contributed by atoms with Gasteiger partial charge in [0.25, 0.3) is 15.9 Å². The number of ether oxygens (including phenoxy) is 1. The van der Waals surface area contributed by atoms with Gasteiger partial charge in [0.15, 0.2) is 6.61 Å². The van der Waals surface area contributed by atoms with Crippen LogP contribution in [0.25, 0.3) is 0 Å². The van der Waals surface area contributed by atoms with E-state index in [9.17, 15) is 18.0 Å². The molecule has 1 aromatic heterocycles. The lowest BCUT2D eigenvalue weighted by molar-refractivity contribution is -0.126. The zero-order valence-electron chi connectivity index (χ0n) is 12.0. The fourth-order valence-electron chi connectivity index (χ4n) is 2.46. The third kappa shape index (κ3) is 2.64. The first kappa shape index (κ1) is 15.4. The minimum atomic E-state index is -3.45. The molecule has 0 bridgehead atoms. The molecule has 120 valence electrons. The Kier molecular flexibility index (Phi) is 3.96. The van der Waals surface area contributed by atoms with Gasteiger partial charge in [-0.15, -0.1) is 11.3 Å². The Hall–Kier alpha value is -1.45. The summed E-state index contributed by atoms with van der Waals surface area (Å²) in [6.45, 7) is 2.61. The number of amides is 2. The van der Waals surface area contributed by atoms with E-state index in [0.717, 1.165) is 16.2 Å². The van der Waals surface area contributed by atoms with E-state index in [1.807, 2.05) is 13.0 Å².